The van der Waals surface area contributed by atoms with E-state index >= 15 is 0 Å². The van der Waals surface area contributed by atoms with E-state index in [2.05, 4.69) is 6.07 Å². The molecular formula is C15H22N2O2. The fourth-order valence-electron chi connectivity index (χ4n) is 1.64. The third kappa shape index (κ3) is 6.23. The minimum Gasteiger partial charge on any atom is -0.491 e. The van der Waals surface area contributed by atoms with Gasteiger partial charge in [0.05, 0.1) is 12.7 Å². The molecule has 0 bridgehead atoms. The number of benzene rings is 1. The predicted octanol–water partition coefficient (Wildman–Crippen LogP) is 2.49. The van der Waals surface area contributed by atoms with E-state index in [1.807, 2.05) is 37.3 Å². The van der Waals surface area contributed by atoms with Crippen LogP contribution in [0.4, 0.5) is 0 Å². The lowest BCUT2D eigenvalue weighted by Crippen LogP contribution is -2.37. The molecule has 0 aliphatic rings. The van der Waals surface area contributed by atoms with Crippen LogP contribution in [-0.4, -0.2) is 25.4 Å². The summed E-state index contributed by atoms with van der Waals surface area (Å²) >= 11 is 0. The second kappa shape index (κ2) is 8.52. The number of para-hydroxylation sites is 1. The SMILES string of the molecule is CCC(N)(C#N)CCCOCCOc1ccccc1. The van der Waals surface area contributed by atoms with Gasteiger partial charge in [-0.05, 0) is 31.4 Å². The highest BCUT2D eigenvalue weighted by molar-refractivity contribution is 5.20. The van der Waals surface area contributed by atoms with E-state index in [-0.39, 0.29) is 0 Å². The van der Waals surface area contributed by atoms with Crippen LogP contribution in [0.1, 0.15) is 26.2 Å². The zero-order valence-corrected chi connectivity index (χ0v) is 11.5. The quantitative estimate of drug-likeness (QED) is 0.694. The fourth-order valence-corrected chi connectivity index (χ4v) is 1.64. The van der Waals surface area contributed by atoms with E-state index in [1.54, 1.807) is 0 Å². The van der Waals surface area contributed by atoms with Crippen molar-refractivity contribution >= 4 is 0 Å². The molecule has 1 atom stereocenters. The first-order chi connectivity index (χ1) is 9.20. The molecule has 1 aromatic rings. The Morgan fingerprint density at radius 1 is 1.21 bits per heavy atom. The number of rotatable bonds is 9. The average Bonchev–Trinajstić information content (AvgIpc) is 2.47. The monoisotopic (exact) mass is 262 g/mol. The normalized spacial score (nSPS) is 13.5. The first-order valence-electron chi connectivity index (χ1n) is 6.66. The molecule has 0 saturated heterocycles. The maximum atomic E-state index is 8.92. The zero-order chi connectivity index (χ0) is 14.0. The summed E-state index contributed by atoms with van der Waals surface area (Å²) in [7, 11) is 0. The number of nitrogens with two attached hydrogens (primary N) is 1. The van der Waals surface area contributed by atoms with Gasteiger partial charge in [0.2, 0.25) is 0 Å². The Morgan fingerprint density at radius 3 is 2.58 bits per heavy atom. The Kier molecular flexibility index (Phi) is 6.94. The maximum absolute atomic E-state index is 8.92. The van der Waals surface area contributed by atoms with Crippen molar-refractivity contribution in [2.45, 2.75) is 31.7 Å². The molecule has 4 nitrogen and oxygen atoms in total. The summed E-state index contributed by atoms with van der Waals surface area (Å²) in [6, 6.07) is 11.8. The van der Waals surface area contributed by atoms with Gasteiger partial charge >= 0.3 is 0 Å². The average molecular weight is 262 g/mol. The molecule has 0 radical (unpaired) electrons. The van der Waals surface area contributed by atoms with Crippen molar-refractivity contribution in [3.8, 4) is 11.8 Å². The standard InChI is InChI=1S/C15H22N2O2/c1-2-15(17,13-16)9-6-10-18-11-12-19-14-7-4-3-5-8-14/h3-5,7-8H,2,6,9-12,17H2,1H3. The smallest absolute Gasteiger partial charge is 0.119 e. The molecule has 0 aromatic heterocycles. The van der Waals surface area contributed by atoms with Gasteiger partial charge in [-0.1, -0.05) is 25.1 Å². The molecule has 1 unspecified atom stereocenters. The number of nitriles is 1. The summed E-state index contributed by atoms with van der Waals surface area (Å²) in [6.45, 7) is 3.62. The van der Waals surface area contributed by atoms with Gasteiger partial charge in [-0.3, -0.25) is 0 Å². The fraction of sp³-hybridized carbons (Fsp3) is 0.533. The van der Waals surface area contributed by atoms with E-state index < -0.39 is 5.54 Å². The van der Waals surface area contributed by atoms with Crippen LogP contribution in [0.25, 0.3) is 0 Å². The lowest BCUT2D eigenvalue weighted by atomic mass is 9.94. The number of ether oxygens (including phenoxy) is 2. The lowest BCUT2D eigenvalue weighted by Gasteiger charge is -2.18. The summed E-state index contributed by atoms with van der Waals surface area (Å²) in [6.07, 6.45) is 2.13. The Labute approximate surface area is 115 Å². The van der Waals surface area contributed by atoms with Crippen molar-refractivity contribution in [3.63, 3.8) is 0 Å². The number of hydrogen-bond donors (Lipinski definition) is 1. The Balaban J connectivity index is 2.02. The molecule has 1 rings (SSSR count). The molecule has 0 spiro atoms. The van der Waals surface area contributed by atoms with E-state index in [4.69, 9.17) is 20.5 Å². The summed E-state index contributed by atoms with van der Waals surface area (Å²) < 4.78 is 10.9. The third-order valence-electron chi connectivity index (χ3n) is 3.00. The van der Waals surface area contributed by atoms with Crippen molar-refractivity contribution in [1.29, 1.82) is 5.26 Å². The van der Waals surface area contributed by atoms with Crippen LogP contribution in [0.15, 0.2) is 30.3 Å². The van der Waals surface area contributed by atoms with E-state index in [0.717, 1.165) is 12.2 Å². The van der Waals surface area contributed by atoms with Crippen LogP contribution in [-0.2, 0) is 4.74 Å². The molecule has 0 fully saturated rings. The van der Waals surface area contributed by atoms with E-state index in [9.17, 15) is 0 Å². The van der Waals surface area contributed by atoms with Gasteiger partial charge in [0.15, 0.2) is 0 Å². The van der Waals surface area contributed by atoms with Crippen LogP contribution in [0.3, 0.4) is 0 Å². The van der Waals surface area contributed by atoms with Gasteiger partial charge in [0, 0.05) is 6.61 Å². The molecule has 0 saturated carbocycles. The van der Waals surface area contributed by atoms with Gasteiger partial charge in [0.1, 0.15) is 17.9 Å². The molecule has 0 heterocycles. The van der Waals surface area contributed by atoms with Gasteiger partial charge in [-0.15, -0.1) is 0 Å². The number of hydrogen-bond acceptors (Lipinski definition) is 4. The maximum Gasteiger partial charge on any atom is 0.119 e. The van der Waals surface area contributed by atoms with Gasteiger partial charge in [-0.2, -0.15) is 5.26 Å². The summed E-state index contributed by atoms with van der Waals surface area (Å²) in [5.41, 5.74) is 5.17. The molecule has 0 amide bonds. The van der Waals surface area contributed by atoms with Crippen molar-refractivity contribution in [3.05, 3.63) is 30.3 Å². The molecule has 4 heteroatoms. The van der Waals surface area contributed by atoms with E-state index in [0.29, 0.717) is 32.7 Å². The second-order valence-corrected chi connectivity index (χ2v) is 4.50. The van der Waals surface area contributed by atoms with Gasteiger partial charge in [0.25, 0.3) is 0 Å². The molecule has 104 valence electrons. The van der Waals surface area contributed by atoms with Crippen molar-refractivity contribution < 1.29 is 9.47 Å². The minimum atomic E-state index is -0.704. The van der Waals surface area contributed by atoms with Gasteiger partial charge in [-0.25, -0.2) is 0 Å². The van der Waals surface area contributed by atoms with Crippen molar-refractivity contribution in [2.75, 3.05) is 19.8 Å². The van der Waals surface area contributed by atoms with Crippen LogP contribution in [0.2, 0.25) is 0 Å². The second-order valence-electron chi connectivity index (χ2n) is 4.50. The highest BCUT2D eigenvalue weighted by atomic mass is 16.5. The first-order valence-corrected chi connectivity index (χ1v) is 6.66. The third-order valence-corrected chi connectivity index (χ3v) is 3.00. The highest BCUT2D eigenvalue weighted by Crippen LogP contribution is 2.12. The van der Waals surface area contributed by atoms with Crippen LogP contribution >= 0.6 is 0 Å². The topological polar surface area (TPSA) is 68.3 Å². The lowest BCUT2D eigenvalue weighted by molar-refractivity contribution is 0.0951. The van der Waals surface area contributed by atoms with Gasteiger partial charge < -0.3 is 15.2 Å². The van der Waals surface area contributed by atoms with Crippen LogP contribution < -0.4 is 10.5 Å². The van der Waals surface area contributed by atoms with Crippen molar-refractivity contribution in [1.82, 2.24) is 0 Å². The molecule has 0 aliphatic heterocycles. The zero-order valence-electron chi connectivity index (χ0n) is 11.5. The highest BCUT2D eigenvalue weighted by Gasteiger charge is 2.20. The Morgan fingerprint density at radius 2 is 1.95 bits per heavy atom. The first kappa shape index (κ1) is 15.5. The van der Waals surface area contributed by atoms with Crippen molar-refractivity contribution in [2.24, 2.45) is 5.73 Å². The Hall–Kier alpha value is -1.57. The molecule has 2 N–H and O–H groups in total. The molecule has 19 heavy (non-hydrogen) atoms. The summed E-state index contributed by atoms with van der Waals surface area (Å²) in [5, 5.41) is 8.92. The van der Waals surface area contributed by atoms with Crippen LogP contribution in [0.5, 0.6) is 5.75 Å². The predicted molar refractivity (Wildman–Crippen MR) is 74.8 cm³/mol. The number of nitrogens with zero attached hydrogens (tertiary/aromatic N) is 1. The minimum absolute atomic E-state index is 0.532. The molecule has 0 aliphatic carbocycles. The summed E-state index contributed by atoms with van der Waals surface area (Å²) in [4.78, 5) is 0. The van der Waals surface area contributed by atoms with E-state index in [1.165, 1.54) is 0 Å². The largest absolute Gasteiger partial charge is 0.491 e. The summed E-state index contributed by atoms with van der Waals surface area (Å²) in [5.74, 6) is 0.850. The van der Waals surface area contributed by atoms with Crippen LogP contribution in [0, 0.1) is 11.3 Å². The molecular weight excluding hydrogens is 240 g/mol. The Bertz CT molecular complexity index is 389. The molecule has 1 aromatic carbocycles.